The first-order chi connectivity index (χ1) is 6.29. The zero-order valence-corrected chi connectivity index (χ0v) is 7.44. The Morgan fingerprint density at radius 1 is 1.23 bits per heavy atom. The Hall–Kier alpha value is -1.57. The molecule has 2 nitrogen and oxygen atoms in total. The van der Waals surface area contributed by atoms with Gasteiger partial charge in [-0.15, -0.1) is 0 Å². The van der Waals surface area contributed by atoms with Crippen LogP contribution in [0.25, 0.3) is 0 Å². The standard InChI is InChI=1S/C11H13NO/c12-11(13)9-5-4-8-10-6-2-1-3-7-10/h1-7H,8-9H2,(H2,12,13). The van der Waals surface area contributed by atoms with Crippen LogP contribution in [0, 0.1) is 0 Å². The van der Waals surface area contributed by atoms with E-state index in [9.17, 15) is 4.79 Å². The summed E-state index contributed by atoms with van der Waals surface area (Å²) in [6, 6.07) is 10.1. The van der Waals surface area contributed by atoms with Crippen molar-refractivity contribution in [2.24, 2.45) is 5.73 Å². The molecule has 1 rings (SSSR count). The highest BCUT2D eigenvalue weighted by Crippen LogP contribution is 2.00. The maximum absolute atomic E-state index is 10.4. The van der Waals surface area contributed by atoms with Gasteiger partial charge in [-0.05, 0) is 12.0 Å². The number of nitrogens with two attached hydrogens (primary N) is 1. The van der Waals surface area contributed by atoms with Crippen LogP contribution >= 0.6 is 0 Å². The monoisotopic (exact) mass is 175 g/mol. The van der Waals surface area contributed by atoms with E-state index in [0.717, 1.165) is 6.42 Å². The first-order valence-corrected chi connectivity index (χ1v) is 4.26. The molecule has 0 aliphatic rings. The van der Waals surface area contributed by atoms with Crippen molar-refractivity contribution in [3.8, 4) is 0 Å². The lowest BCUT2D eigenvalue weighted by molar-refractivity contribution is -0.117. The molecular formula is C11H13NO. The molecule has 0 saturated carbocycles. The van der Waals surface area contributed by atoms with Crippen LogP contribution in [-0.4, -0.2) is 5.91 Å². The topological polar surface area (TPSA) is 43.1 Å². The third kappa shape index (κ3) is 4.11. The summed E-state index contributed by atoms with van der Waals surface area (Å²) >= 11 is 0. The molecule has 1 aromatic carbocycles. The Balaban J connectivity index is 2.35. The van der Waals surface area contributed by atoms with E-state index >= 15 is 0 Å². The van der Waals surface area contributed by atoms with Gasteiger partial charge < -0.3 is 5.73 Å². The van der Waals surface area contributed by atoms with Crippen LogP contribution in [0.2, 0.25) is 0 Å². The highest BCUT2D eigenvalue weighted by Gasteiger charge is 1.88. The Bertz CT molecular complexity index is 290. The number of carbonyl (C=O) groups is 1. The lowest BCUT2D eigenvalue weighted by atomic mass is 10.1. The highest BCUT2D eigenvalue weighted by atomic mass is 16.1. The van der Waals surface area contributed by atoms with Gasteiger partial charge in [0.15, 0.2) is 0 Å². The van der Waals surface area contributed by atoms with Crippen LogP contribution in [0.15, 0.2) is 42.5 Å². The molecule has 0 aliphatic heterocycles. The van der Waals surface area contributed by atoms with Crippen LogP contribution in [0.5, 0.6) is 0 Å². The van der Waals surface area contributed by atoms with E-state index < -0.39 is 0 Å². The van der Waals surface area contributed by atoms with Gasteiger partial charge >= 0.3 is 0 Å². The summed E-state index contributed by atoms with van der Waals surface area (Å²) in [5.41, 5.74) is 6.22. The summed E-state index contributed by atoms with van der Waals surface area (Å²) in [6.07, 6.45) is 4.94. The van der Waals surface area contributed by atoms with Crippen molar-refractivity contribution in [2.75, 3.05) is 0 Å². The van der Waals surface area contributed by atoms with Gasteiger partial charge in [0, 0.05) is 6.42 Å². The number of carbonyl (C=O) groups excluding carboxylic acids is 1. The van der Waals surface area contributed by atoms with Crippen LogP contribution in [-0.2, 0) is 11.2 Å². The van der Waals surface area contributed by atoms with Gasteiger partial charge in [0.05, 0.1) is 0 Å². The lowest BCUT2D eigenvalue weighted by Crippen LogP contribution is -2.07. The summed E-state index contributed by atoms with van der Waals surface area (Å²) in [6.45, 7) is 0. The van der Waals surface area contributed by atoms with Crippen molar-refractivity contribution in [2.45, 2.75) is 12.8 Å². The quantitative estimate of drug-likeness (QED) is 0.695. The average molecular weight is 175 g/mol. The van der Waals surface area contributed by atoms with Crippen LogP contribution < -0.4 is 5.73 Å². The minimum absolute atomic E-state index is 0.288. The Kier molecular flexibility index (Phi) is 3.76. The van der Waals surface area contributed by atoms with Gasteiger partial charge in [0.2, 0.25) is 5.91 Å². The molecular weight excluding hydrogens is 162 g/mol. The minimum Gasteiger partial charge on any atom is -0.369 e. The summed E-state index contributed by atoms with van der Waals surface area (Å²) < 4.78 is 0. The molecule has 0 heterocycles. The number of hydrogen-bond donors (Lipinski definition) is 1. The minimum atomic E-state index is -0.288. The van der Waals surface area contributed by atoms with Gasteiger partial charge in [-0.2, -0.15) is 0 Å². The van der Waals surface area contributed by atoms with Gasteiger partial charge in [0.25, 0.3) is 0 Å². The molecule has 2 N–H and O–H groups in total. The Labute approximate surface area is 78.1 Å². The highest BCUT2D eigenvalue weighted by molar-refractivity contribution is 5.75. The molecule has 0 atom stereocenters. The Morgan fingerprint density at radius 3 is 2.54 bits per heavy atom. The number of rotatable bonds is 4. The number of amides is 1. The second-order valence-corrected chi connectivity index (χ2v) is 2.83. The van der Waals surface area contributed by atoms with Gasteiger partial charge in [-0.1, -0.05) is 42.5 Å². The molecule has 0 radical (unpaired) electrons. The maximum Gasteiger partial charge on any atom is 0.221 e. The third-order valence-electron chi connectivity index (χ3n) is 1.68. The van der Waals surface area contributed by atoms with E-state index in [1.54, 1.807) is 6.08 Å². The lowest BCUT2D eigenvalue weighted by Gasteiger charge is -1.93. The zero-order valence-electron chi connectivity index (χ0n) is 7.44. The molecule has 0 aromatic heterocycles. The summed E-state index contributed by atoms with van der Waals surface area (Å²) in [5.74, 6) is -0.288. The largest absolute Gasteiger partial charge is 0.369 e. The van der Waals surface area contributed by atoms with Crippen molar-refractivity contribution < 1.29 is 4.79 Å². The molecule has 13 heavy (non-hydrogen) atoms. The van der Waals surface area contributed by atoms with Gasteiger partial charge in [0.1, 0.15) is 0 Å². The molecule has 0 fully saturated rings. The number of primary amides is 1. The molecule has 2 heteroatoms. The summed E-state index contributed by atoms with van der Waals surface area (Å²) in [7, 11) is 0. The van der Waals surface area contributed by atoms with E-state index in [1.165, 1.54) is 5.56 Å². The number of hydrogen-bond acceptors (Lipinski definition) is 1. The molecule has 0 unspecified atom stereocenters. The van der Waals surface area contributed by atoms with Crippen molar-refractivity contribution in [3.63, 3.8) is 0 Å². The van der Waals surface area contributed by atoms with Gasteiger partial charge in [-0.25, -0.2) is 0 Å². The number of benzene rings is 1. The summed E-state index contributed by atoms with van der Waals surface area (Å²) in [5, 5.41) is 0. The van der Waals surface area contributed by atoms with E-state index in [1.807, 2.05) is 24.3 Å². The molecule has 0 spiro atoms. The molecule has 68 valence electrons. The SMILES string of the molecule is NC(=O)CC=CCc1ccccc1. The Morgan fingerprint density at radius 2 is 1.92 bits per heavy atom. The second-order valence-electron chi connectivity index (χ2n) is 2.83. The molecule has 0 saturated heterocycles. The molecule has 0 bridgehead atoms. The van der Waals surface area contributed by atoms with E-state index in [0.29, 0.717) is 6.42 Å². The fraction of sp³-hybridized carbons (Fsp3) is 0.182. The average Bonchev–Trinajstić information content (AvgIpc) is 2.14. The van der Waals surface area contributed by atoms with E-state index in [4.69, 9.17) is 5.73 Å². The summed E-state index contributed by atoms with van der Waals surface area (Å²) in [4.78, 5) is 10.4. The first-order valence-electron chi connectivity index (χ1n) is 4.26. The van der Waals surface area contributed by atoms with Crippen LogP contribution in [0.4, 0.5) is 0 Å². The maximum atomic E-state index is 10.4. The first kappa shape index (κ1) is 9.52. The molecule has 1 amide bonds. The van der Waals surface area contributed by atoms with Gasteiger partial charge in [-0.3, -0.25) is 4.79 Å². The second kappa shape index (κ2) is 5.14. The van der Waals surface area contributed by atoms with Crippen LogP contribution in [0.3, 0.4) is 0 Å². The van der Waals surface area contributed by atoms with Crippen molar-refractivity contribution in [1.29, 1.82) is 0 Å². The van der Waals surface area contributed by atoms with Crippen molar-refractivity contribution in [1.82, 2.24) is 0 Å². The van der Waals surface area contributed by atoms with Crippen LogP contribution in [0.1, 0.15) is 12.0 Å². The fourth-order valence-electron chi connectivity index (χ4n) is 1.03. The fourth-order valence-corrected chi connectivity index (χ4v) is 1.03. The number of allylic oxidation sites excluding steroid dienone is 1. The third-order valence-corrected chi connectivity index (χ3v) is 1.68. The van der Waals surface area contributed by atoms with Crippen molar-refractivity contribution in [3.05, 3.63) is 48.0 Å². The normalized spacial score (nSPS) is 10.5. The predicted octanol–water partition coefficient (Wildman–Crippen LogP) is 1.66. The predicted molar refractivity (Wildman–Crippen MR) is 53.1 cm³/mol. The molecule has 1 aromatic rings. The molecule has 0 aliphatic carbocycles. The van der Waals surface area contributed by atoms with E-state index in [-0.39, 0.29) is 5.91 Å². The zero-order chi connectivity index (χ0) is 9.52. The van der Waals surface area contributed by atoms with E-state index in [2.05, 4.69) is 12.1 Å². The smallest absolute Gasteiger partial charge is 0.221 e. The van der Waals surface area contributed by atoms with Crippen molar-refractivity contribution >= 4 is 5.91 Å².